The number of aromatic nitrogens is 1. The maximum atomic E-state index is 11.6. The Morgan fingerprint density at radius 3 is 2.59 bits per heavy atom. The highest BCUT2D eigenvalue weighted by Gasteiger charge is 2.20. The van der Waals surface area contributed by atoms with Crippen LogP contribution in [0, 0.1) is 0 Å². The Morgan fingerprint density at radius 1 is 1.06 bits per heavy atom. The first-order valence-electron chi connectivity index (χ1n) is 11.0. The van der Waals surface area contributed by atoms with Gasteiger partial charge in [-0.2, -0.15) is 0 Å². The predicted molar refractivity (Wildman–Crippen MR) is 127 cm³/mol. The summed E-state index contributed by atoms with van der Waals surface area (Å²) in [7, 11) is 1.67. The van der Waals surface area contributed by atoms with Crippen molar-refractivity contribution in [1.82, 2.24) is 4.98 Å². The lowest BCUT2D eigenvalue weighted by atomic mass is 10.1. The molecule has 0 atom stereocenters. The molecule has 0 saturated heterocycles. The molecule has 1 amide bonds. The zero-order valence-electron chi connectivity index (χ0n) is 18.6. The monoisotopic (exact) mass is 431 g/mol. The minimum atomic E-state index is -0.0994. The highest BCUT2D eigenvalue weighted by atomic mass is 16.5. The quantitative estimate of drug-likeness (QED) is 0.495. The lowest BCUT2D eigenvalue weighted by molar-refractivity contribution is -0.114. The number of hydrogen-bond acceptors (Lipinski definition) is 5. The third-order valence-corrected chi connectivity index (χ3v) is 5.60. The maximum Gasteiger partial charge on any atom is 0.221 e. The van der Waals surface area contributed by atoms with Gasteiger partial charge in [0, 0.05) is 49.0 Å². The summed E-state index contributed by atoms with van der Waals surface area (Å²) >= 11 is 0. The molecule has 1 heterocycles. The van der Waals surface area contributed by atoms with E-state index in [0.717, 1.165) is 47.0 Å². The van der Waals surface area contributed by atoms with E-state index in [1.807, 2.05) is 54.7 Å². The molecule has 6 heteroatoms. The minimum Gasteiger partial charge on any atom is -0.493 e. The number of nitrogens with one attached hydrogen (secondary N) is 1. The van der Waals surface area contributed by atoms with Crippen LogP contribution in [0.3, 0.4) is 0 Å². The van der Waals surface area contributed by atoms with Gasteiger partial charge >= 0.3 is 0 Å². The minimum absolute atomic E-state index is 0.0994. The van der Waals surface area contributed by atoms with Gasteiger partial charge in [0.15, 0.2) is 11.5 Å². The van der Waals surface area contributed by atoms with Gasteiger partial charge in [-0.05, 0) is 67.6 Å². The van der Waals surface area contributed by atoms with Gasteiger partial charge in [-0.1, -0.05) is 12.1 Å². The van der Waals surface area contributed by atoms with E-state index in [0.29, 0.717) is 6.54 Å². The second-order valence-electron chi connectivity index (χ2n) is 8.04. The van der Waals surface area contributed by atoms with E-state index in [9.17, 15) is 4.79 Å². The molecule has 1 aliphatic carbocycles. The number of nitrogens with zero attached hydrogens (tertiary/aromatic N) is 2. The van der Waals surface area contributed by atoms with Gasteiger partial charge < -0.3 is 19.7 Å². The maximum absolute atomic E-state index is 11.6. The second kappa shape index (κ2) is 10.2. The van der Waals surface area contributed by atoms with E-state index in [-0.39, 0.29) is 12.0 Å². The van der Waals surface area contributed by atoms with Crippen molar-refractivity contribution in [3.8, 4) is 11.5 Å². The van der Waals surface area contributed by atoms with Gasteiger partial charge in [-0.25, -0.2) is 0 Å². The third-order valence-electron chi connectivity index (χ3n) is 5.60. The Morgan fingerprint density at radius 2 is 1.88 bits per heavy atom. The van der Waals surface area contributed by atoms with Crippen LogP contribution < -0.4 is 19.7 Å². The lowest BCUT2D eigenvalue weighted by Crippen LogP contribution is -2.18. The zero-order chi connectivity index (χ0) is 22.3. The molecule has 0 bridgehead atoms. The Bertz CT molecular complexity index is 1050. The second-order valence-corrected chi connectivity index (χ2v) is 8.04. The van der Waals surface area contributed by atoms with Gasteiger partial charge in [0.1, 0.15) is 0 Å². The number of pyridine rings is 1. The highest BCUT2D eigenvalue weighted by molar-refractivity contribution is 5.89. The number of amides is 1. The summed E-state index contributed by atoms with van der Waals surface area (Å²) in [6.07, 6.45) is 8.42. The lowest BCUT2D eigenvalue weighted by Gasteiger charge is -2.27. The van der Waals surface area contributed by atoms with Crippen molar-refractivity contribution in [2.24, 2.45) is 0 Å². The van der Waals surface area contributed by atoms with E-state index in [2.05, 4.69) is 21.3 Å². The molecule has 0 aliphatic heterocycles. The molecule has 1 saturated carbocycles. The molecule has 0 radical (unpaired) electrons. The normalized spacial score (nSPS) is 13.6. The van der Waals surface area contributed by atoms with Crippen LogP contribution in [0.4, 0.5) is 17.1 Å². The molecule has 4 rings (SSSR count). The smallest absolute Gasteiger partial charge is 0.221 e. The van der Waals surface area contributed by atoms with E-state index in [1.165, 1.54) is 19.8 Å². The summed E-state index contributed by atoms with van der Waals surface area (Å²) in [5.74, 6) is 1.39. The van der Waals surface area contributed by atoms with E-state index >= 15 is 0 Å². The van der Waals surface area contributed by atoms with Crippen LogP contribution >= 0.6 is 0 Å². The SMILES string of the molecule is COc1ccc(N(Cc2cccnc2)c2cccc(NC(C)=O)c2)cc1OC1CCCC1. The Hall–Kier alpha value is -3.54. The van der Waals surface area contributed by atoms with Crippen LogP contribution in [-0.4, -0.2) is 24.1 Å². The van der Waals surface area contributed by atoms with Crippen molar-refractivity contribution < 1.29 is 14.3 Å². The van der Waals surface area contributed by atoms with E-state index in [4.69, 9.17) is 9.47 Å². The first-order valence-corrected chi connectivity index (χ1v) is 11.0. The molecule has 1 fully saturated rings. The Labute approximate surface area is 189 Å². The first kappa shape index (κ1) is 21.7. The number of methoxy groups -OCH3 is 1. The summed E-state index contributed by atoms with van der Waals surface area (Å²) in [6.45, 7) is 2.13. The van der Waals surface area contributed by atoms with Gasteiger partial charge in [0.2, 0.25) is 5.91 Å². The van der Waals surface area contributed by atoms with Crippen LogP contribution in [-0.2, 0) is 11.3 Å². The molecule has 166 valence electrons. The summed E-state index contributed by atoms with van der Waals surface area (Å²) < 4.78 is 11.9. The summed E-state index contributed by atoms with van der Waals surface area (Å²) in [4.78, 5) is 18.0. The van der Waals surface area contributed by atoms with Crippen LogP contribution in [0.25, 0.3) is 0 Å². The number of ether oxygens (including phenoxy) is 2. The van der Waals surface area contributed by atoms with Gasteiger partial charge in [-0.15, -0.1) is 0 Å². The molecule has 32 heavy (non-hydrogen) atoms. The molecular formula is C26H29N3O3. The first-order chi connectivity index (χ1) is 15.6. The fourth-order valence-electron chi connectivity index (χ4n) is 4.07. The number of rotatable bonds is 8. The van der Waals surface area contributed by atoms with Crippen molar-refractivity contribution >= 4 is 23.0 Å². The standard InChI is InChI=1S/C26H29N3O3/c1-19(30)28-21-8-5-9-22(15-21)29(18-20-7-6-14-27-17-20)23-12-13-25(31-2)26(16-23)32-24-10-3-4-11-24/h5-9,12-17,24H,3-4,10-11,18H2,1-2H3,(H,28,30). The number of carbonyl (C=O) groups is 1. The molecule has 3 aromatic rings. The number of anilines is 3. The molecular weight excluding hydrogens is 402 g/mol. The molecule has 6 nitrogen and oxygen atoms in total. The summed E-state index contributed by atoms with van der Waals surface area (Å²) in [5.41, 5.74) is 3.76. The largest absolute Gasteiger partial charge is 0.493 e. The van der Waals surface area contributed by atoms with Crippen LogP contribution in [0.15, 0.2) is 67.0 Å². The van der Waals surface area contributed by atoms with Crippen LogP contribution in [0.5, 0.6) is 11.5 Å². The molecule has 1 N–H and O–H groups in total. The summed E-state index contributed by atoms with van der Waals surface area (Å²) in [6, 6.07) is 17.8. The molecule has 0 unspecified atom stereocenters. The average Bonchev–Trinajstić information content (AvgIpc) is 3.31. The van der Waals surface area contributed by atoms with Crippen molar-refractivity contribution in [3.05, 3.63) is 72.6 Å². The topological polar surface area (TPSA) is 63.7 Å². The molecule has 0 spiro atoms. The number of benzene rings is 2. The fourth-order valence-corrected chi connectivity index (χ4v) is 4.07. The van der Waals surface area contributed by atoms with Crippen molar-refractivity contribution in [2.75, 3.05) is 17.3 Å². The molecule has 1 aliphatic rings. The Balaban J connectivity index is 1.71. The van der Waals surface area contributed by atoms with Crippen molar-refractivity contribution in [1.29, 1.82) is 0 Å². The van der Waals surface area contributed by atoms with E-state index in [1.54, 1.807) is 13.3 Å². The van der Waals surface area contributed by atoms with Gasteiger partial charge in [0.05, 0.1) is 13.2 Å². The molecule has 2 aromatic carbocycles. The molecule has 1 aromatic heterocycles. The van der Waals surface area contributed by atoms with E-state index < -0.39 is 0 Å². The Kier molecular flexibility index (Phi) is 6.90. The summed E-state index contributed by atoms with van der Waals surface area (Å²) in [5, 5.41) is 2.87. The average molecular weight is 432 g/mol. The zero-order valence-corrected chi connectivity index (χ0v) is 18.6. The number of carbonyl (C=O) groups excluding carboxylic acids is 1. The van der Waals surface area contributed by atoms with Crippen molar-refractivity contribution in [2.45, 2.75) is 45.3 Å². The van der Waals surface area contributed by atoms with Crippen LogP contribution in [0.1, 0.15) is 38.2 Å². The predicted octanol–water partition coefficient (Wildman–Crippen LogP) is 5.71. The number of hydrogen-bond donors (Lipinski definition) is 1. The van der Waals surface area contributed by atoms with Crippen molar-refractivity contribution in [3.63, 3.8) is 0 Å². The highest BCUT2D eigenvalue weighted by Crippen LogP contribution is 2.38. The fraction of sp³-hybridized carbons (Fsp3) is 0.308. The van der Waals surface area contributed by atoms with Gasteiger partial charge in [-0.3, -0.25) is 9.78 Å². The van der Waals surface area contributed by atoms with Crippen LogP contribution in [0.2, 0.25) is 0 Å². The third kappa shape index (κ3) is 5.38. The van der Waals surface area contributed by atoms with Gasteiger partial charge in [0.25, 0.3) is 0 Å².